The van der Waals surface area contributed by atoms with Gasteiger partial charge in [-0.2, -0.15) is 0 Å². The number of esters is 1. The molecule has 2 heterocycles. The van der Waals surface area contributed by atoms with E-state index >= 15 is 0 Å². The molecule has 0 amide bonds. The molecule has 10 atom stereocenters. The van der Waals surface area contributed by atoms with Gasteiger partial charge >= 0.3 is 5.97 Å². The second kappa shape index (κ2) is 7.44. The van der Waals surface area contributed by atoms with Crippen LogP contribution >= 0.6 is 0 Å². The van der Waals surface area contributed by atoms with Gasteiger partial charge in [-0.05, 0) is 37.0 Å². The molecule has 0 aromatic carbocycles. The van der Waals surface area contributed by atoms with Crippen LogP contribution in [-0.4, -0.2) is 75.9 Å². The lowest BCUT2D eigenvalue weighted by Crippen LogP contribution is -2.60. The van der Waals surface area contributed by atoms with Crippen LogP contribution in [0.25, 0.3) is 0 Å². The topological polar surface area (TPSA) is 126 Å². The molecular formula is C21H30O8. The normalized spacial score (nSPS) is 50.1. The molecule has 8 nitrogen and oxygen atoms in total. The quantitative estimate of drug-likeness (QED) is 0.222. The Bertz CT molecular complexity index is 705. The van der Waals surface area contributed by atoms with E-state index in [9.17, 15) is 25.2 Å². The van der Waals surface area contributed by atoms with Crippen molar-refractivity contribution in [3.8, 4) is 0 Å². The monoisotopic (exact) mass is 410 g/mol. The van der Waals surface area contributed by atoms with Gasteiger partial charge in [0.1, 0.15) is 30.5 Å². The zero-order valence-corrected chi connectivity index (χ0v) is 16.6. The Hall–Kier alpha value is -1.29. The number of hydrogen-bond acceptors (Lipinski definition) is 8. The summed E-state index contributed by atoms with van der Waals surface area (Å²) in [5, 5.41) is 39.6. The lowest BCUT2D eigenvalue weighted by atomic mass is 9.55. The molecule has 2 saturated carbocycles. The van der Waals surface area contributed by atoms with Crippen molar-refractivity contribution >= 4 is 5.97 Å². The molecule has 4 fully saturated rings. The third kappa shape index (κ3) is 3.45. The van der Waals surface area contributed by atoms with Crippen LogP contribution in [0.2, 0.25) is 0 Å². The maximum atomic E-state index is 11.9. The minimum Gasteiger partial charge on any atom is -0.458 e. The van der Waals surface area contributed by atoms with Crippen LogP contribution in [0.1, 0.15) is 32.6 Å². The van der Waals surface area contributed by atoms with Crippen molar-refractivity contribution in [2.24, 2.45) is 17.3 Å². The van der Waals surface area contributed by atoms with E-state index < -0.39 is 37.3 Å². The highest BCUT2D eigenvalue weighted by molar-refractivity contribution is 5.90. The van der Waals surface area contributed by atoms with Gasteiger partial charge in [0, 0.05) is 11.5 Å². The third-order valence-electron chi connectivity index (χ3n) is 7.27. The second-order valence-electron chi connectivity index (χ2n) is 9.24. The Kier molecular flexibility index (Phi) is 5.38. The van der Waals surface area contributed by atoms with E-state index in [0.717, 1.165) is 12.0 Å². The van der Waals surface area contributed by atoms with Gasteiger partial charge in [0.05, 0.1) is 12.7 Å². The summed E-state index contributed by atoms with van der Waals surface area (Å²) in [5.74, 6) is -0.0770. The minimum absolute atomic E-state index is 0.0280. The van der Waals surface area contributed by atoms with Crippen LogP contribution in [0.15, 0.2) is 24.3 Å². The van der Waals surface area contributed by atoms with Crippen LogP contribution in [0, 0.1) is 17.3 Å². The van der Waals surface area contributed by atoms with Gasteiger partial charge in [0.25, 0.3) is 0 Å². The fourth-order valence-electron chi connectivity index (χ4n) is 5.67. The first-order valence-corrected chi connectivity index (χ1v) is 10.2. The highest BCUT2D eigenvalue weighted by Crippen LogP contribution is 2.57. The van der Waals surface area contributed by atoms with Crippen molar-refractivity contribution in [1.82, 2.24) is 0 Å². The molecule has 0 aromatic rings. The number of carbonyl (C=O) groups excluding carboxylic acids is 1. The van der Waals surface area contributed by atoms with Crippen molar-refractivity contribution in [3.05, 3.63) is 24.3 Å². The second-order valence-corrected chi connectivity index (χ2v) is 9.24. The predicted octanol–water partition coefficient (Wildman–Crippen LogP) is 0.0356. The smallest absolute Gasteiger partial charge is 0.334 e. The SMILES string of the molecule is C=C1C(=O)OC2CC3(C)CC(OC4OC(CO)C(O)C(O)C4O)CC(=C)C3CC12. The number of rotatable bonds is 3. The Morgan fingerprint density at radius 1 is 1.17 bits per heavy atom. The van der Waals surface area contributed by atoms with Gasteiger partial charge in [-0.15, -0.1) is 0 Å². The molecule has 4 N–H and O–H groups in total. The van der Waals surface area contributed by atoms with E-state index in [1.54, 1.807) is 0 Å². The van der Waals surface area contributed by atoms with E-state index in [2.05, 4.69) is 20.1 Å². The van der Waals surface area contributed by atoms with Crippen molar-refractivity contribution < 1.29 is 39.4 Å². The number of carbonyl (C=O) groups is 1. The summed E-state index contributed by atoms with van der Waals surface area (Å²) >= 11 is 0. The molecule has 162 valence electrons. The minimum atomic E-state index is -1.47. The van der Waals surface area contributed by atoms with Crippen LogP contribution in [0.5, 0.6) is 0 Å². The van der Waals surface area contributed by atoms with E-state index in [-0.39, 0.29) is 35.4 Å². The summed E-state index contributed by atoms with van der Waals surface area (Å²) < 4.78 is 17.0. The van der Waals surface area contributed by atoms with Crippen molar-refractivity contribution in [3.63, 3.8) is 0 Å². The first kappa shape index (κ1) is 21.0. The molecule has 4 rings (SSSR count). The third-order valence-corrected chi connectivity index (χ3v) is 7.27. The Balaban J connectivity index is 1.47. The van der Waals surface area contributed by atoms with E-state index in [4.69, 9.17) is 14.2 Å². The van der Waals surface area contributed by atoms with Crippen molar-refractivity contribution in [2.75, 3.05) is 6.61 Å². The summed E-state index contributed by atoms with van der Waals surface area (Å²) in [5.41, 5.74) is 1.36. The predicted molar refractivity (Wildman–Crippen MR) is 100 cm³/mol. The molecule has 2 aliphatic heterocycles. The number of aliphatic hydroxyl groups excluding tert-OH is 4. The summed E-state index contributed by atoms with van der Waals surface area (Å²) in [7, 11) is 0. The fourth-order valence-corrected chi connectivity index (χ4v) is 5.67. The number of ether oxygens (including phenoxy) is 3. The fraction of sp³-hybridized carbons (Fsp3) is 0.762. The molecule has 2 aliphatic carbocycles. The van der Waals surface area contributed by atoms with Crippen LogP contribution in [0.3, 0.4) is 0 Å². The van der Waals surface area contributed by atoms with E-state index in [0.29, 0.717) is 24.8 Å². The summed E-state index contributed by atoms with van der Waals surface area (Å²) in [4.78, 5) is 11.9. The van der Waals surface area contributed by atoms with Crippen molar-refractivity contribution in [2.45, 2.75) is 75.5 Å². The average molecular weight is 410 g/mol. The lowest BCUT2D eigenvalue weighted by molar-refractivity contribution is -0.314. The number of fused-ring (bicyclic) bond motifs is 2. The molecule has 8 heteroatoms. The maximum Gasteiger partial charge on any atom is 0.334 e. The van der Waals surface area contributed by atoms with Gasteiger partial charge in [0.15, 0.2) is 6.29 Å². The maximum absolute atomic E-state index is 11.9. The average Bonchev–Trinajstić information content (AvgIpc) is 2.93. The molecule has 0 aromatic heterocycles. The van der Waals surface area contributed by atoms with Crippen LogP contribution in [0.4, 0.5) is 0 Å². The van der Waals surface area contributed by atoms with Gasteiger partial charge in [-0.1, -0.05) is 25.7 Å². The van der Waals surface area contributed by atoms with Crippen molar-refractivity contribution in [1.29, 1.82) is 0 Å². The highest BCUT2D eigenvalue weighted by atomic mass is 16.7. The van der Waals surface area contributed by atoms with Gasteiger partial charge < -0.3 is 34.6 Å². The Labute approximate surface area is 169 Å². The largest absolute Gasteiger partial charge is 0.458 e. The van der Waals surface area contributed by atoms with Crippen LogP contribution in [-0.2, 0) is 19.0 Å². The molecule has 0 spiro atoms. The van der Waals surface area contributed by atoms with Gasteiger partial charge in [-0.25, -0.2) is 4.79 Å². The number of hydrogen-bond donors (Lipinski definition) is 4. The lowest BCUT2D eigenvalue weighted by Gasteiger charge is -2.52. The molecular weight excluding hydrogens is 380 g/mol. The molecule has 29 heavy (non-hydrogen) atoms. The standard InChI is InChI=1S/C21H30O8/c1-9-4-11(27-20-18(25)17(24)16(23)15(8-22)29-20)6-21(3)7-14-12(5-13(9)21)10(2)19(26)28-14/h11-18,20,22-25H,1-2,4-8H2,3H3. The highest BCUT2D eigenvalue weighted by Gasteiger charge is 2.55. The summed E-state index contributed by atoms with van der Waals surface area (Å²) in [6.07, 6.45) is -4.32. The Morgan fingerprint density at radius 2 is 1.90 bits per heavy atom. The summed E-state index contributed by atoms with van der Waals surface area (Å²) in [6.45, 7) is 9.79. The van der Waals surface area contributed by atoms with E-state index in [1.807, 2.05) is 0 Å². The van der Waals surface area contributed by atoms with Gasteiger partial charge in [-0.3, -0.25) is 0 Å². The zero-order valence-electron chi connectivity index (χ0n) is 16.6. The van der Waals surface area contributed by atoms with E-state index in [1.165, 1.54) is 0 Å². The molecule has 2 saturated heterocycles. The summed E-state index contributed by atoms with van der Waals surface area (Å²) in [6, 6.07) is 0. The first-order chi connectivity index (χ1) is 13.6. The Morgan fingerprint density at radius 3 is 2.59 bits per heavy atom. The molecule has 0 bridgehead atoms. The first-order valence-electron chi connectivity index (χ1n) is 10.2. The zero-order chi connectivity index (χ0) is 21.1. The number of aliphatic hydroxyl groups is 4. The van der Waals surface area contributed by atoms with Crippen LogP contribution < -0.4 is 0 Å². The molecule has 4 aliphatic rings. The molecule has 10 unspecified atom stereocenters. The molecule has 0 radical (unpaired) electrons. The van der Waals surface area contributed by atoms with Gasteiger partial charge in [0.2, 0.25) is 0 Å².